The topological polar surface area (TPSA) is 125 Å². The molecule has 0 fully saturated rings. The van der Waals surface area contributed by atoms with Crippen molar-refractivity contribution in [2.45, 2.75) is 13.8 Å². The number of amides is 1. The van der Waals surface area contributed by atoms with E-state index in [1.165, 1.54) is 36.5 Å². The summed E-state index contributed by atoms with van der Waals surface area (Å²) in [4.78, 5) is 40.1. The van der Waals surface area contributed by atoms with Crippen molar-refractivity contribution in [3.8, 4) is 11.4 Å². The number of aromatic nitrogens is 4. The van der Waals surface area contributed by atoms with Crippen molar-refractivity contribution < 1.29 is 14.1 Å². The number of nitrogens with one attached hydrogen (secondary N) is 1. The van der Waals surface area contributed by atoms with Crippen LogP contribution >= 0.6 is 0 Å². The molecule has 33 heavy (non-hydrogen) atoms. The number of hydrogen-bond donors (Lipinski definition) is 1. The number of aryl methyl sites for hydroxylation is 2. The van der Waals surface area contributed by atoms with Gasteiger partial charge in [-0.3, -0.25) is 19.7 Å². The lowest BCUT2D eigenvalue weighted by Crippen LogP contribution is -2.27. The minimum atomic E-state index is -0.877. The Morgan fingerprint density at radius 3 is 2.55 bits per heavy atom. The smallest absolute Gasteiger partial charge is 0.294 e. The van der Waals surface area contributed by atoms with Crippen LogP contribution in [0.1, 0.15) is 22.0 Å². The van der Waals surface area contributed by atoms with Gasteiger partial charge in [-0.2, -0.15) is 5.10 Å². The molecule has 2 aromatic heterocycles. The summed E-state index contributed by atoms with van der Waals surface area (Å²) in [6.07, 6.45) is 3.14. The molecule has 166 valence electrons. The van der Waals surface area contributed by atoms with E-state index < -0.39 is 27.8 Å². The number of rotatable bonds is 5. The van der Waals surface area contributed by atoms with Crippen LogP contribution in [0.2, 0.25) is 0 Å². The Labute approximate surface area is 186 Å². The Hall–Kier alpha value is -4.67. The number of nitrogens with zero attached hydrogens (tertiary/aromatic N) is 5. The highest BCUT2D eigenvalue weighted by Gasteiger charge is 2.20. The van der Waals surface area contributed by atoms with Crippen LogP contribution in [0.25, 0.3) is 11.4 Å². The molecule has 2 heterocycles. The summed E-state index contributed by atoms with van der Waals surface area (Å²) in [5.41, 5.74) is -0.652. The number of nitro groups is 1. The minimum absolute atomic E-state index is 0.0974. The van der Waals surface area contributed by atoms with Crippen LogP contribution in [0.5, 0.6) is 0 Å². The van der Waals surface area contributed by atoms with Gasteiger partial charge in [-0.05, 0) is 38.1 Å². The molecule has 0 saturated heterocycles. The van der Waals surface area contributed by atoms with E-state index in [4.69, 9.17) is 0 Å². The molecule has 11 heteroatoms. The average molecular weight is 448 g/mol. The van der Waals surface area contributed by atoms with Gasteiger partial charge in [0, 0.05) is 35.9 Å². The predicted molar refractivity (Wildman–Crippen MR) is 117 cm³/mol. The quantitative estimate of drug-likeness (QED) is 0.369. The number of carbonyl (C=O) groups excluding carboxylic acids is 1. The van der Waals surface area contributed by atoms with Crippen LogP contribution < -0.4 is 10.7 Å². The SMILES string of the molecule is Cc1nccn1-c1ccc(NC(=O)c2nn(-c3ccccc3[N+](=O)[O-])c(C)cc2=O)cc1F. The van der Waals surface area contributed by atoms with Crippen LogP contribution in [0.3, 0.4) is 0 Å². The molecule has 0 bridgehead atoms. The summed E-state index contributed by atoms with van der Waals surface area (Å²) >= 11 is 0. The fraction of sp³-hybridized carbons (Fsp3) is 0.0909. The van der Waals surface area contributed by atoms with Gasteiger partial charge in [0.1, 0.15) is 17.3 Å². The van der Waals surface area contributed by atoms with Gasteiger partial charge in [0.15, 0.2) is 5.69 Å². The highest BCUT2D eigenvalue weighted by Crippen LogP contribution is 2.23. The van der Waals surface area contributed by atoms with Gasteiger partial charge < -0.3 is 9.88 Å². The van der Waals surface area contributed by atoms with Crippen molar-refractivity contribution in [3.05, 3.63) is 104 Å². The lowest BCUT2D eigenvalue weighted by Gasteiger charge is -2.12. The molecule has 0 unspecified atom stereocenters. The maximum atomic E-state index is 14.6. The second-order valence-electron chi connectivity index (χ2n) is 7.12. The van der Waals surface area contributed by atoms with E-state index in [1.807, 2.05) is 0 Å². The molecule has 0 aliphatic heterocycles. The van der Waals surface area contributed by atoms with Crippen LogP contribution in [0.4, 0.5) is 15.8 Å². The molecule has 2 aromatic carbocycles. The third-order valence-electron chi connectivity index (χ3n) is 4.92. The van der Waals surface area contributed by atoms with Crippen molar-refractivity contribution in [1.82, 2.24) is 19.3 Å². The minimum Gasteiger partial charge on any atom is -0.320 e. The number of carbonyl (C=O) groups is 1. The molecule has 1 amide bonds. The number of para-hydroxylation sites is 2. The number of benzene rings is 2. The third kappa shape index (κ3) is 4.11. The Morgan fingerprint density at radius 2 is 1.88 bits per heavy atom. The number of imidazole rings is 1. The predicted octanol–water partition coefficient (Wildman–Crippen LogP) is 3.33. The summed E-state index contributed by atoms with van der Waals surface area (Å²) in [5.74, 6) is -0.897. The molecule has 0 atom stereocenters. The van der Waals surface area contributed by atoms with Crippen molar-refractivity contribution in [2.75, 3.05) is 5.32 Å². The van der Waals surface area contributed by atoms with Gasteiger partial charge in [0.2, 0.25) is 5.43 Å². The third-order valence-corrected chi connectivity index (χ3v) is 4.92. The first-order valence-electron chi connectivity index (χ1n) is 9.72. The monoisotopic (exact) mass is 448 g/mol. The zero-order valence-electron chi connectivity index (χ0n) is 17.5. The van der Waals surface area contributed by atoms with E-state index in [0.717, 1.165) is 16.8 Å². The molecule has 0 aliphatic rings. The lowest BCUT2D eigenvalue weighted by molar-refractivity contribution is -0.384. The first kappa shape index (κ1) is 21.6. The summed E-state index contributed by atoms with van der Waals surface area (Å²) in [6, 6.07) is 11.0. The highest BCUT2D eigenvalue weighted by molar-refractivity contribution is 6.02. The molecule has 0 saturated carbocycles. The van der Waals surface area contributed by atoms with Crippen LogP contribution in [-0.4, -0.2) is 30.2 Å². The van der Waals surface area contributed by atoms with Gasteiger partial charge in [-0.25, -0.2) is 14.1 Å². The normalized spacial score (nSPS) is 10.8. The van der Waals surface area contributed by atoms with Gasteiger partial charge >= 0.3 is 0 Å². The fourth-order valence-corrected chi connectivity index (χ4v) is 3.35. The molecule has 1 N–H and O–H groups in total. The van der Waals surface area contributed by atoms with E-state index >= 15 is 0 Å². The molecule has 4 aromatic rings. The van der Waals surface area contributed by atoms with E-state index in [0.29, 0.717) is 11.5 Å². The number of anilines is 1. The van der Waals surface area contributed by atoms with Crippen molar-refractivity contribution >= 4 is 17.3 Å². The highest BCUT2D eigenvalue weighted by atomic mass is 19.1. The zero-order valence-corrected chi connectivity index (χ0v) is 17.5. The van der Waals surface area contributed by atoms with Crippen molar-refractivity contribution in [3.63, 3.8) is 0 Å². The first-order chi connectivity index (χ1) is 15.8. The van der Waals surface area contributed by atoms with Gasteiger partial charge in [0.25, 0.3) is 11.6 Å². The molecule has 0 aliphatic carbocycles. The molecular formula is C22H17FN6O4. The van der Waals surface area contributed by atoms with Crippen molar-refractivity contribution in [2.24, 2.45) is 0 Å². The summed E-state index contributed by atoms with van der Waals surface area (Å²) in [6.45, 7) is 3.26. The van der Waals surface area contributed by atoms with Gasteiger partial charge in [0.05, 0.1) is 10.6 Å². The molecule has 10 nitrogen and oxygen atoms in total. The van der Waals surface area contributed by atoms with Crippen LogP contribution in [0, 0.1) is 29.8 Å². The summed E-state index contributed by atoms with van der Waals surface area (Å²) in [5, 5.41) is 17.9. The molecule has 4 rings (SSSR count). The first-order valence-corrected chi connectivity index (χ1v) is 9.72. The Balaban J connectivity index is 1.68. The van der Waals surface area contributed by atoms with E-state index in [2.05, 4.69) is 15.4 Å². The number of hydrogen-bond acceptors (Lipinski definition) is 6. The summed E-state index contributed by atoms with van der Waals surface area (Å²) < 4.78 is 17.3. The maximum absolute atomic E-state index is 14.6. The van der Waals surface area contributed by atoms with Gasteiger partial charge in [-0.15, -0.1) is 0 Å². The lowest BCUT2D eigenvalue weighted by atomic mass is 10.2. The largest absolute Gasteiger partial charge is 0.320 e. The molecule has 0 spiro atoms. The standard InChI is InChI=1S/C22H17FN6O4/c1-13-11-20(30)21(26-28(13)18-5-3-4-6-19(18)29(32)33)22(31)25-15-7-8-17(16(23)12-15)27-10-9-24-14(27)2/h3-12H,1-2H3,(H,25,31). The molecule has 0 radical (unpaired) electrons. The summed E-state index contributed by atoms with van der Waals surface area (Å²) in [7, 11) is 0. The fourth-order valence-electron chi connectivity index (χ4n) is 3.35. The van der Waals surface area contributed by atoms with E-state index in [1.54, 1.807) is 30.7 Å². The second-order valence-corrected chi connectivity index (χ2v) is 7.12. The van der Waals surface area contributed by atoms with Crippen LogP contribution in [0.15, 0.2) is 65.7 Å². The Kier molecular flexibility index (Phi) is 5.53. The van der Waals surface area contributed by atoms with Crippen LogP contribution in [-0.2, 0) is 0 Å². The number of nitro benzene ring substituents is 1. The number of halogens is 1. The average Bonchev–Trinajstić information content (AvgIpc) is 3.19. The second kappa shape index (κ2) is 8.46. The molecular weight excluding hydrogens is 431 g/mol. The van der Waals surface area contributed by atoms with Gasteiger partial charge in [-0.1, -0.05) is 12.1 Å². The Bertz CT molecular complexity index is 1460. The van der Waals surface area contributed by atoms with E-state index in [9.17, 15) is 24.1 Å². The zero-order chi connectivity index (χ0) is 23.7. The van der Waals surface area contributed by atoms with Crippen molar-refractivity contribution in [1.29, 1.82) is 0 Å². The maximum Gasteiger partial charge on any atom is 0.294 e. The Morgan fingerprint density at radius 1 is 1.12 bits per heavy atom. The van der Waals surface area contributed by atoms with E-state index in [-0.39, 0.29) is 22.7 Å².